The molecule has 0 amide bonds. The highest BCUT2D eigenvalue weighted by Crippen LogP contribution is 2.09. The second-order valence-corrected chi connectivity index (χ2v) is 6.85. The number of aliphatic imine (C=N–C) groups is 1. The molecule has 0 radical (unpaired) electrons. The van der Waals surface area contributed by atoms with Gasteiger partial charge in [0.2, 0.25) is 0 Å². The van der Waals surface area contributed by atoms with Crippen LogP contribution in [-0.4, -0.2) is 39.1 Å². The lowest BCUT2D eigenvalue weighted by Gasteiger charge is -2.11. The molecule has 0 aliphatic heterocycles. The van der Waals surface area contributed by atoms with E-state index in [2.05, 4.69) is 50.1 Å². The number of rotatable bonds is 7. The van der Waals surface area contributed by atoms with Crippen molar-refractivity contribution < 1.29 is 0 Å². The first-order valence-corrected chi connectivity index (χ1v) is 9.94. The lowest BCUT2D eigenvalue weighted by atomic mass is 10.1. The summed E-state index contributed by atoms with van der Waals surface area (Å²) in [5.41, 5.74) is 4.46. The second-order valence-electron chi connectivity index (χ2n) is 6.85. The normalized spacial score (nSPS) is 11.4. The Morgan fingerprint density at radius 1 is 0.867 bits per heavy atom. The molecule has 2 aromatic carbocycles. The average Bonchev–Trinajstić information content (AvgIpc) is 3.50. The molecule has 2 heterocycles. The molecule has 0 aliphatic rings. The maximum absolute atomic E-state index is 4.43. The Labute approximate surface area is 176 Å². The first kappa shape index (κ1) is 19.4. The Balaban J connectivity index is 1.24. The summed E-state index contributed by atoms with van der Waals surface area (Å²) in [4.78, 5) is 4.30. The van der Waals surface area contributed by atoms with Gasteiger partial charge in [-0.3, -0.25) is 4.99 Å². The van der Waals surface area contributed by atoms with Crippen LogP contribution in [0.15, 0.2) is 90.4 Å². The summed E-state index contributed by atoms with van der Waals surface area (Å²) in [6, 6.07) is 20.4. The van der Waals surface area contributed by atoms with Crippen molar-refractivity contribution in [1.82, 2.24) is 30.2 Å². The van der Waals surface area contributed by atoms with E-state index in [0.29, 0.717) is 6.54 Å². The molecule has 30 heavy (non-hydrogen) atoms. The Morgan fingerprint density at radius 2 is 1.67 bits per heavy atom. The first-order chi connectivity index (χ1) is 14.8. The van der Waals surface area contributed by atoms with Crippen LogP contribution < -0.4 is 10.6 Å². The summed E-state index contributed by atoms with van der Waals surface area (Å²) in [6.45, 7) is 1.45. The minimum Gasteiger partial charge on any atom is -0.356 e. The molecule has 2 aromatic heterocycles. The number of hydrogen-bond acceptors (Lipinski definition) is 3. The highest BCUT2D eigenvalue weighted by molar-refractivity contribution is 5.79. The fourth-order valence-corrected chi connectivity index (χ4v) is 3.14. The summed E-state index contributed by atoms with van der Waals surface area (Å²) < 4.78 is 3.73. The van der Waals surface area contributed by atoms with Crippen molar-refractivity contribution >= 4 is 5.96 Å². The van der Waals surface area contributed by atoms with E-state index in [1.54, 1.807) is 13.2 Å². The van der Waals surface area contributed by atoms with E-state index < -0.39 is 0 Å². The van der Waals surface area contributed by atoms with Crippen LogP contribution in [0.5, 0.6) is 0 Å². The van der Waals surface area contributed by atoms with Crippen molar-refractivity contribution in [3.8, 4) is 11.4 Å². The molecular formula is C23H25N7. The fraction of sp³-hybridized carbons (Fsp3) is 0.174. The van der Waals surface area contributed by atoms with Crippen LogP contribution >= 0.6 is 0 Å². The zero-order valence-corrected chi connectivity index (χ0v) is 16.9. The average molecular weight is 400 g/mol. The summed E-state index contributed by atoms with van der Waals surface area (Å²) >= 11 is 0. The minimum atomic E-state index is 0.658. The van der Waals surface area contributed by atoms with Crippen LogP contribution in [0.4, 0.5) is 0 Å². The largest absolute Gasteiger partial charge is 0.356 e. The van der Waals surface area contributed by atoms with Gasteiger partial charge < -0.3 is 10.6 Å². The van der Waals surface area contributed by atoms with Gasteiger partial charge in [0.05, 0.1) is 17.6 Å². The third kappa shape index (κ3) is 4.94. The van der Waals surface area contributed by atoms with Crippen molar-refractivity contribution in [3.05, 3.63) is 96.6 Å². The maximum Gasteiger partial charge on any atom is 0.191 e. The SMILES string of the molecule is CN=C(NCCc1ccc(-n2cccn2)cc1)NCc1cnn(-c2ccccc2)c1. The standard InChI is InChI=1S/C23H25N7/c1-24-23(26-16-20-17-28-30(18-20)21-6-3-2-4-7-21)25-14-12-19-8-10-22(11-9-19)29-15-5-13-27-29/h2-11,13,15,17-18H,12,14,16H2,1H3,(H2,24,25,26). The molecular weight excluding hydrogens is 374 g/mol. The molecule has 0 aliphatic carbocycles. The maximum atomic E-state index is 4.43. The molecule has 0 fully saturated rings. The van der Waals surface area contributed by atoms with Crippen LogP contribution in [0.1, 0.15) is 11.1 Å². The van der Waals surface area contributed by atoms with Crippen LogP contribution in [0, 0.1) is 0 Å². The minimum absolute atomic E-state index is 0.658. The highest BCUT2D eigenvalue weighted by Gasteiger charge is 2.03. The summed E-state index contributed by atoms with van der Waals surface area (Å²) in [6.07, 6.45) is 8.52. The lowest BCUT2D eigenvalue weighted by molar-refractivity contribution is 0.793. The van der Waals surface area contributed by atoms with Crippen LogP contribution in [0.3, 0.4) is 0 Å². The molecule has 7 nitrogen and oxygen atoms in total. The van der Waals surface area contributed by atoms with E-state index in [1.165, 1.54) is 5.56 Å². The number of nitrogens with zero attached hydrogens (tertiary/aromatic N) is 5. The molecule has 4 aromatic rings. The molecule has 0 saturated carbocycles. The Hall–Kier alpha value is -3.87. The van der Waals surface area contributed by atoms with E-state index in [9.17, 15) is 0 Å². The Morgan fingerprint density at radius 3 is 2.40 bits per heavy atom. The van der Waals surface area contributed by atoms with Gasteiger partial charge in [-0.1, -0.05) is 30.3 Å². The smallest absolute Gasteiger partial charge is 0.191 e. The van der Waals surface area contributed by atoms with Crippen molar-refractivity contribution in [1.29, 1.82) is 0 Å². The molecule has 7 heteroatoms. The number of guanidine groups is 1. The van der Waals surface area contributed by atoms with E-state index in [-0.39, 0.29) is 0 Å². The Bertz CT molecular complexity index is 1060. The van der Waals surface area contributed by atoms with E-state index >= 15 is 0 Å². The zero-order chi connectivity index (χ0) is 20.6. The molecule has 0 bridgehead atoms. The molecule has 0 saturated heterocycles. The number of aromatic nitrogens is 4. The van der Waals surface area contributed by atoms with E-state index in [0.717, 1.165) is 35.9 Å². The monoisotopic (exact) mass is 399 g/mol. The van der Waals surface area contributed by atoms with Crippen molar-refractivity contribution in [2.24, 2.45) is 4.99 Å². The fourth-order valence-electron chi connectivity index (χ4n) is 3.14. The van der Waals surface area contributed by atoms with Gasteiger partial charge in [-0.15, -0.1) is 0 Å². The highest BCUT2D eigenvalue weighted by atomic mass is 15.3. The first-order valence-electron chi connectivity index (χ1n) is 9.94. The van der Waals surface area contributed by atoms with Gasteiger partial charge in [0.15, 0.2) is 5.96 Å². The van der Waals surface area contributed by atoms with E-state index in [1.807, 2.05) is 64.4 Å². The summed E-state index contributed by atoms with van der Waals surface area (Å²) in [7, 11) is 1.78. The second kappa shape index (κ2) is 9.56. The van der Waals surface area contributed by atoms with Gasteiger partial charge in [-0.05, 0) is 42.3 Å². The van der Waals surface area contributed by atoms with Crippen LogP contribution in [0.25, 0.3) is 11.4 Å². The van der Waals surface area contributed by atoms with Crippen molar-refractivity contribution in [2.45, 2.75) is 13.0 Å². The predicted molar refractivity (Wildman–Crippen MR) is 119 cm³/mol. The third-order valence-corrected chi connectivity index (χ3v) is 4.75. The molecule has 0 atom stereocenters. The predicted octanol–water partition coefficient (Wildman–Crippen LogP) is 2.97. The summed E-state index contributed by atoms with van der Waals surface area (Å²) in [5, 5.41) is 15.4. The van der Waals surface area contributed by atoms with Gasteiger partial charge in [0.1, 0.15) is 0 Å². The number of nitrogens with one attached hydrogen (secondary N) is 2. The lowest BCUT2D eigenvalue weighted by Crippen LogP contribution is -2.37. The quantitative estimate of drug-likeness (QED) is 0.370. The van der Waals surface area contributed by atoms with Crippen molar-refractivity contribution in [2.75, 3.05) is 13.6 Å². The number of para-hydroxylation sites is 1. The number of benzene rings is 2. The van der Waals surface area contributed by atoms with Gasteiger partial charge >= 0.3 is 0 Å². The molecule has 4 rings (SSSR count). The van der Waals surface area contributed by atoms with Gasteiger partial charge in [-0.25, -0.2) is 9.36 Å². The topological polar surface area (TPSA) is 72.1 Å². The van der Waals surface area contributed by atoms with Crippen LogP contribution in [0.2, 0.25) is 0 Å². The van der Waals surface area contributed by atoms with Gasteiger partial charge in [0.25, 0.3) is 0 Å². The molecule has 0 unspecified atom stereocenters. The third-order valence-electron chi connectivity index (χ3n) is 4.75. The van der Waals surface area contributed by atoms with Crippen LogP contribution in [-0.2, 0) is 13.0 Å². The number of hydrogen-bond donors (Lipinski definition) is 2. The molecule has 152 valence electrons. The van der Waals surface area contributed by atoms with Crippen molar-refractivity contribution in [3.63, 3.8) is 0 Å². The molecule has 0 spiro atoms. The summed E-state index contributed by atoms with van der Waals surface area (Å²) in [5.74, 6) is 0.774. The Kier molecular flexibility index (Phi) is 6.19. The van der Waals surface area contributed by atoms with Gasteiger partial charge in [0, 0.05) is 44.3 Å². The van der Waals surface area contributed by atoms with E-state index in [4.69, 9.17) is 0 Å². The molecule has 2 N–H and O–H groups in total. The zero-order valence-electron chi connectivity index (χ0n) is 16.9. The van der Waals surface area contributed by atoms with Gasteiger partial charge in [-0.2, -0.15) is 10.2 Å².